The van der Waals surface area contributed by atoms with Crippen LogP contribution in [0.15, 0.2) is 34.1 Å². The smallest absolute Gasteiger partial charge is 0.298 e. The molecular weight excluding hydrogens is 256 g/mol. The lowest BCUT2D eigenvalue weighted by Gasteiger charge is -1.98. The fourth-order valence-corrected chi connectivity index (χ4v) is 1.48. The third-order valence-electron chi connectivity index (χ3n) is 2.15. The van der Waals surface area contributed by atoms with E-state index in [1.165, 1.54) is 0 Å². The Hall–Kier alpha value is -2.26. The highest BCUT2D eigenvalue weighted by molar-refractivity contribution is 6.29. The summed E-state index contributed by atoms with van der Waals surface area (Å²) in [5, 5.41) is 3.99. The average molecular weight is 265 g/mol. The van der Waals surface area contributed by atoms with Gasteiger partial charge in [0.25, 0.3) is 5.56 Å². The van der Waals surface area contributed by atoms with Crippen LogP contribution in [0.4, 0.5) is 0 Å². The first-order valence-corrected chi connectivity index (χ1v) is 5.47. The third kappa shape index (κ3) is 2.90. The first-order chi connectivity index (χ1) is 8.66. The van der Waals surface area contributed by atoms with E-state index in [0.29, 0.717) is 6.54 Å². The molecule has 0 aliphatic heterocycles. The van der Waals surface area contributed by atoms with Crippen LogP contribution in [0.1, 0.15) is 0 Å². The molecule has 0 fully saturated rings. The Morgan fingerprint density at radius 2 is 2.11 bits per heavy atom. The summed E-state index contributed by atoms with van der Waals surface area (Å²) in [6.45, 7) is 0.430. The van der Waals surface area contributed by atoms with E-state index in [2.05, 4.69) is 21.9 Å². The molecule has 2 aromatic rings. The van der Waals surface area contributed by atoms with Crippen LogP contribution in [0.2, 0.25) is 5.15 Å². The summed E-state index contributed by atoms with van der Waals surface area (Å²) in [4.78, 5) is 25.2. The van der Waals surface area contributed by atoms with E-state index in [0.717, 1.165) is 10.6 Å². The lowest BCUT2D eigenvalue weighted by Crippen LogP contribution is -2.34. The fraction of sp³-hybridized carbons (Fsp3) is 0.182. The van der Waals surface area contributed by atoms with Gasteiger partial charge in [-0.25, -0.2) is 9.36 Å². The number of aromatic nitrogens is 4. The molecule has 0 radical (unpaired) electrons. The Kier molecular flexibility index (Phi) is 3.65. The van der Waals surface area contributed by atoms with Crippen molar-refractivity contribution in [1.29, 1.82) is 0 Å². The van der Waals surface area contributed by atoms with Crippen LogP contribution < -0.4 is 11.2 Å². The Bertz CT molecular complexity index is 672. The van der Waals surface area contributed by atoms with E-state index in [1.807, 2.05) is 0 Å². The van der Waals surface area contributed by atoms with Gasteiger partial charge in [-0.2, -0.15) is 5.10 Å². The van der Waals surface area contributed by atoms with Crippen molar-refractivity contribution in [3.05, 3.63) is 50.5 Å². The van der Waals surface area contributed by atoms with Gasteiger partial charge in [0.2, 0.25) is 0 Å². The molecule has 0 aliphatic carbocycles. The largest absolute Gasteiger partial charge is 0.330 e. The monoisotopic (exact) mass is 264 g/mol. The van der Waals surface area contributed by atoms with Crippen LogP contribution >= 0.6 is 11.6 Å². The summed E-state index contributed by atoms with van der Waals surface area (Å²) >= 11 is 5.53. The van der Waals surface area contributed by atoms with Crippen molar-refractivity contribution in [2.75, 3.05) is 0 Å². The van der Waals surface area contributed by atoms with Gasteiger partial charge in [0, 0.05) is 18.5 Å². The molecule has 0 unspecified atom stereocenters. The van der Waals surface area contributed by atoms with Crippen LogP contribution in [0.3, 0.4) is 0 Å². The molecule has 0 aliphatic rings. The summed E-state index contributed by atoms with van der Waals surface area (Å²) in [6, 6.07) is 2.92. The van der Waals surface area contributed by atoms with Crippen LogP contribution in [0.5, 0.6) is 0 Å². The Labute approximate surface area is 107 Å². The van der Waals surface area contributed by atoms with Gasteiger partial charge in [-0.3, -0.25) is 14.5 Å². The van der Waals surface area contributed by atoms with E-state index in [-0.39, 0.29) is 11.7 Å². The highest BCUT2D eigenvalue weighted by atomic mass is 35.5. The quantitative estimate of drug-likeness (QED) is 0.617. The van der Waals surface area contributed by atoms with Crippen molar-refractivity contribution in [2.45, 2.75) is 13.1 Å². The zero-order valence-corrected chi connectivity index (χ0v) is 10.0. The molecule has 0 amide bonds. The molecule has 0 saturated heterocycles. The first kappa shape index (κ1) is 12.2. The molecule has 92 valence electrons. The maximum Gasteiger partial charge on any atom is 0.330 e. The summed E-state index contributed by atoms with van der Waals surface area (Å²) in [7, 11) is 0. The predicted octanol–water partition coefficient (Wildman–Crippen LogP) is 0.0901. The van der Waals surface area contributed by atoms with Gasteiger partial charge in [0.1, 0.15) is 11.7 Å². The fourth-order valence-electron chi connectivity index (χ4n) is 1.31. The second kappa shape index (κ2) is 5.38. The van der Waals surface area contributed by atoms with Gasteiger partial charge in [-0.15, -0.1) is 0 Å². The second-order valence-electron chi connectivity index (χ2n) is 3.40. The van der Waals surface area contributed by atoms with Crippen LogP contribution in [0, 0.1) is 11.8 Å². The Morgan fingerprint density at radius 3 is 2.78 bits per heavy atom. The molecule has 2 rings (SSSR count). The molecule has 0 atom stereocenters. The van der Waals surface area contributed by atoms with Gasteiger partial charge in [0.05, 0.1) is 6.54 Å². The number of aromatic amines is 1. The molecule has 7 heteroatoms. The highest BCUT2D eigenvalue weighted by Gasteiger charge is 2.00. The third-order valence-corrected chi connectivity index (χ3v) is 2.35. The van der Waals surface area contributed by atoms with E-state index >= 15 is 0 Å². The van der Waals surface area contributed by atoms with Gasteiger partial charge in [0.15, 0.2) is 0 Å². The molecule has 1 N–H and O–H groups in total. The molecule has 6 nitrogen and oxygen atoms in total. The minimum absolute atomic E-state index is 0.0192. The number of nitrogens with zero attached hydrogens (tertiary/aromatic N) is 3. The van der Waals surface area contributed by atoms with E-state index in [4.69, 9.17) is 11.6 Å². The van der Waals surface area contributed by atoms with Crippen LogP contribution in [0.25, 0.3) is 0 Å². The van der Waals surface area contributed by atoms with Crippen molar-refractivity contribution in [1.82, 2.24) is 19.3 Å². The summed E-state index contributed by atoms with van der Waals surface area (Å²) < 4.78 is 2.61. The zero-order valence-electron chi connectivity index (χ0n) is 9.26. The first-order valence-electron chi connectivity index (χ1n) is 5.09. The van der Waals surface area contributed by atoms with Gasteiger partial charge >= 0.3 is 5.69 Å². The average Bonchev–Trinajstić information content (AvgIpc) is 2.79. The lowest BCUT2D eigenvalue weighted by atomic mass is 10.5. The van der Waals surface area contributed by atoms with E-state index in [1.54, 1.807) is 23.1 Å². The molecule has 0 aromatic carbocycles. The van der Waals surface area contributed by atoms with Gasteiger partial charge in [-0.05, 0) is 6.07 Å². The van der Waals surface area contributed by atoms with Crippen LogP contribution in [-0.2, 0) is 13.1 Å². The lowest BCUT2D eigenvalue weighted by molar-refractivity contribution is 0.707. The molecule has 2 heterocycles. The topological polar surface area (TPSA) is 72.7 Å². The summed E-state index contributed by atoms with van der Waals surface area (Å²) in [5.41, 5.74) is -1.04. The maximum atomic E-state index is 11.5. The van der Waals surface area contributed by atoms with Crippen molar-refractivity contribution < 1.29 is 0 Å². The summed E-state index contributed by atoms with van der Waals surface area (Å²) in [5.74, 6) is 5.54. The molecule has 0 saturated carbocycles. The number of halogens is 1. The van der Waals surface area contributed by atoms with Gasteiger partial charge < -0.3 is 0 Å². The molecule has 0 spiro atoms. The standard InChI is InChI=1S/C11H9ClN4O2/c12-9-8-10(17)16(11(18)14-9)7-2-1-5-15-6-3-4-13-15/h3-4,6,8H,5,7H2,(H,14,18). The highest BCUT2D eigenvalue weighted by Crippen LogP contribution is 1.93. The van der Waals surface area contributed by atoms with Crippen molar-refractivity contribution in [3.8, 4) is 11.8 Å². The van der Waals surface area contributed by atoms with E-state index in [9.17, 15) is 9.59 Å². The van der Waals surface area contributed by atoms with Crippen molar-refractivity contribution in [2.24, 2.45) is 0 Å². The minimum atomic E-state index is -0.569. The number of hydrogen-bond donors (Lipinski definition) is 1. The Balaban J connectivity index is 2.10. The normalized spacial score (nSPS) is 9.83. The number of nitrogens with one attached hydrogen (secondary N) is 1. The Morgan fingerprint density at radius 1 is 1.33 bits per heavy atom. The molecule has 18 heavy (non-hydrogen) atoms. The van der Waals surface area contributed by atoms with Crippen molar-refractivity contribution >= 4 is 11.6 Å². The summed E-state index contributed by atoms with van der Waals surface area (Å²) in [6.07, 6.45) is 3.42. The molecule has 2 aromatic heterocycles. The SMILES string of the molecule is O=c1cc(Cl)[nH]c(=O)n1CC#CCn1cccn1. The minimum Gasteiger partial charge on any atom is -0.298 e. The van der Waals surface area contributed by atoms with Crippen molar-refractivity contribution in [3.63, 3.8) is 0 Å². The molecular formula is C11H9ClN4O2. The van der Waals surface area contributed by atoms with Crippen LogP contribution in [-0.4, -0.2) is 19.3 Å². The predicted molar refractivity (Wildman–Crippen MR) is 66.3 cm³/mol. The second-order valence-corrected chi connectivity index (χ2v) is 3.81. The van der Waals surface area contributed by atoms with E-state index < -0.39 is 11.2 Å². The molecule has 0 bridgehead atoms. The number of H-pyrrole nitrogens is 1. The maximum absolute atomic E-state index is 11.5. The zero-order chi connectivity index (χ0) is 13.0. The van der Waals surface area contributed by atoms with Gasteiger partial charge in [-0.1, -0.05) is 23.4 Å². The number of rotatable bonds is 2. The number of hydrogen-bond acceptors (Lipinski definition) is 3.